The summed E-state index contributed by atoms with van der Waals surface area (Å²) in [5.74, 6) is 1.45. The average molecular weight is 338 g/mol. The molecular formula is C14H16BrN3O2. The van der Waals surface area contributed by atoms with E-state index in [4.69, 9.17) is 9.47 Å². The summed E-state index contributed by atoms with van der Waals surface area (Å²) in [5.41, 5.74) is 3.06. The van der Waals surface area contributed by atoms with Crippen LogP contribution in [-0.2, 0) is 4.74 Å². The van der Waals surface area contributed by atoms with Gasteiger partial charge in [-0.2, -0.15) is 0 Å². The maximum atomic E-state index is 5.54. The van der Waals surface area contributed by atoms with Crippen LogP contribution >= 0.6 is 15.9 Å². The van der Waals surface area contributed by atoms with Crippen LogP contribution in [0.4, 0.5) is 11.5 Å². The number of anilines is 2. The Kier molecular flexibility index (Phi) is 4.92. The summed E-state index contributed by atoms with van der Waals surface area (Å²) < 4.78 is 11.1. The maximum Gasteiger partial charge on any atom is 0.188 e. The van der Waals surface area contributed by atoms with Crippen LogP contribution in [0.5, 0.6) is 5.75 Å². The normalized spacial score (nSPS) is 10.4. The Hall–Kier alpha value is -1.66. The topological polar surface area (TPSA) is 56.3 Å². The Morgan fingerprint density at radius 2 is 1.95 bits per heavy atom. The van der Waals surface area contributed by atoms with E-state index in [0.29, 0.717) is 10.4 Å². The van der Waals surface area contributed by atoms with Gasteiger partial charge in [-0.3, -0.25) is 0 Å². The molecule has 0 fully saturated rings. The monoisotopic (exact) mass is 337 g/mol. The van der Waals surface area contributed by atoms with Crippen molar-refractivity contribution in [1.82, 2.24) is 9.97 Å². The molecular weight excluding hydrogens is 322 g/mol. The van der Waals surface area contributed by atoms with Gasteiger partial charge in [0.25, 0.3) is 0 Å². The molecule has 1 aromatic heterocycles. The van der Waals surface area contributed by atoms with Crippen molar-refractivity contribution in [2.75, 3.05) is 19.2 Å². The standard InChI is InChI=1S/C14H16BrN3O2/c1-9-4-5-11(20-8-19-3)10(2)12(9)18-14-13(15)16-6-7-17-14/h4-7H,8H2,1-3H3,(H,17,18). The van der Waals surface area contributed by atoms with Crippen molar-refractivity contribution in [2.45, 2.75) is 13.8 Å². The van der Waals surface area contributed by atoms with E-state index in [9.17, 15) is 0 Å². The number of benzene rings is 1. The molecule has 20 heavy (non-hydrogen) atoms. The van der Waals surface area contributed by atoms with E-state index in [-0.39, 0.29) is 6.79 Å². The van der Waals surface area contributed by atoms with E-state index >= 15 is 0 Å². The number of hydrogen-bond donors (Lipinski definition) is 1. The predicted octanol–water partition coefficient (Wildman–Crippen LogP) is 3.58. The number of aromatic nitrogens is 2. The minimum atomic E-state index is 0.220. The molecule has 0 unspecified atom stereocenters. The predicted molar refractivity (Wildman–Crippen MR) is 81.4 cm³/mol. The molecule has 0 saturated heterocycles. The van der Waals surface area contributed by atoms with Crippen molar-refractivity contribution in [2.24, 2.45) is 0 Å². The number of rotatable bonds is 5. The summed E-state index contributed by atoms with van der Waals surface area (Å²) in [7, 11) is 1.60. The zero-order valence-corrected chi connectivity index (χ0v) is 13.2. The summed E-state index contributed by atoms with van der Waals surface area (Å²) in [6.07, 6.45) is 3.27. The van der Waals surface area contributed by atoms with E-state index in [2.05, 4.69) is 31.2 Å². The molecule has 6 heteroatoms. The number of nitrogens with one attached hydrogen (secondary N) is 1. The number of nitrogens with zero attached hydrogens (tertiary/aromatic N) is 2. The number of halogens is 1. The summed E-state index contributed by atoms with van der Waals surface area (Å²) >= 11 is 3.38. The lowest BCUT2D eigenvalue weighted by Gasteiger charge is -2.16. The number of hydrogen-bond acceptors (Lipinski definition) is 5. The number of methoxy groups -OCH3 is 1. The molecule has 0 saturated carbocycles. The van der Waals surface area contributed by atoms with Gasteiger partial charge in [-0.1, -0.05) is 6.07 Å². The van der Waals surface area contributed by atoms with Crippen molar-refractivity contribution in [1.29, 1.82) is 0 Å². The Balaban J connectivity index is 2.33. The van der Waals surface area contributed by atoms with Gasteiger partial charge in [0, 0.05) is 30.8 Å². The van der Waals surface area contributed by atoms with Gasteiger partial charge in [0.2, 0.25) is 0 Å². The highest BCUT2D eigenvalue weighted by Crippen LogP contribution is 2.32. The van der Waals surface area contributed by atoms with Crippen molar-refractivity contribution in [3.05, 3.63) is 40.3 Å². The van der Waals surface area contributed by atoms with Crippen LogP contribution in [0.3, 0.4) is 0 Å². The van der Waals surface area contributed by atoms with Gasteiger partial charge in [-0.25, -0.2) is 9.97 Å². The highest BCUT2D eigenvalue weighted by atomic mass is 79.9. The van der Waals surface area contributed by atoms with Crippen LogP contribution in [-0.4, -0.2) is 23.9 Å². The molecule has 2 rings (SSSR count). The Labute approximate surface area is 126 Å². The molecule has 0 aliphatic rings. The Morgan fingerprint density at radius 3 is 2.65 bits per heavy atom. The fourth-order valence-electron chi connectivity index (χ4n) is 1.82. The fraction of sp³-hybridized carbons (Fsp3) is 0.286. The van der Waals surface area contributed by atoms with Gasteiger partial charge in [0.05, 0.1) is 0 Å². The third kappa shape index (κ3) is 3.26. The molecule has 0 radical (unpaired) electrons. The first-order valence-corrected chi connectivity index (χ1v) is 6.88. The second kappa shape index (κ2) is 6.67. The van der Waals surface area contributed by atoms with Gasteiger partial charge in [-0.05, 0) is 41.4 Å². The number of ether oxygens (including phenoxy) is 2. The first-order chi connectivity index (χ1) is 9.63. The first kappa shape index (κ1) is 14.7. The molecule has 5 nitrogen and oxygen atoms in total. The van der Waals surface area contributed by atoms with Crippen LogP contribution in [0, 0.1) is 13.8 Å². The zero-order chi connectivity index (χ0) is 14.5. The molecule has 1 aromatic carbocycles. The molecule has 106 valence electrons. The Morgan fingerprint density at radius 1 is 1.20 bits per heavy atom. The van der Waals surface area contributed by atoms with Gasteiger partial charge < -0.3 is 14.8 Å². The molecule has 0 amide bonds. The smallest absolute Gasteiger partial charge is 0.188 e. The van der Waals surface area contributed by atoms with Crippen molar-refractivity contribution in [3.63, 3.8) is 0 Å². The second-order valence-corrected chi connectivity index (χ2v) is 5.00. The van der Waals surface area contributed by atoms with Crippen LogP contribution in [0.15, 0.2) is 29.1 Å². The maximum absolute atomic E-state index is 5.54. The van der Waals surface area contributed by atoms with Crippen molar-refractivity contribution in [3.8, 4) is 5.75 Å². The lowest BCUT2D eigenvalue weighted by molar-refractivity contribution is 0.0507. The van der Waals surface area contributed by atoms with Gasteiger partial charge in [-0.15, -0.1) is 0 Å². The summed E-state index contributed by atoms with van der Waals surface area (Å²) in [6, 6.07) is 3.92. The summed E-state index contributed by atoms with van der Waals surface area (Å²) in [5, 5.41) is 3.28. The largest absolute Gasteiger partial charge is 0.467 e. The molecule has 0 bridgehead atoms. The highest BCUT2D eigenvalue weighted by Gasteiger charge is 2.11. The lowest BCUT2D eigenvalue weighted by Crippen LogP contribution is -2.04. The van der Waals surface area contributed by atoms with Crippen LogP contribution in [0.1, 0.15) is 11.1 Å². The SMILES string of the molecule is COCOc1ccc(C)c(Nc2nccnc2Br)c1C. The van der Waals surface area contributed by atoms with E-state index in [0.717, 1.165) is 22.6 Å². The average Bonchev–Trinajstić information content (AvgIpc) is 2.44. The van der Waals surface area contributed by atoms with E-state index < -0.39 is 0 Å². The minimum absolute atomic E-state index is 0.220. The van der Waals surface area contributed by atoms with E-state index in [1.54, 1.807) is 19.5 Å². The Bertz CT molecular complexity index is 605. The third-order valence-electron chi connectivity index (χ3n) is 2.85. The van der Waals surface area contributed by atoms with Crippen LogP contribution in [0.25, 0.3) is 0 Å². The third-order valence-corrected chi connectivity index (χ3v) is 3.43. The molecule has 2 aromatic rings. The first-order valence-electron chi connectivity index (χ1n) is 6.09. The molecule has 1 heterocycles. The molecule has 1 N–H and O–H groups in total. The van der Waals surface area contributed by atoms with Crippen LogP contribution < -0.4 is 10.1 Å². The van der Waals surface area contributed by atoms with Crippen LogP contribution in [0.2, 0.25) is 0 Å². The minimum Gasteiger partial charge on any atom is -0.467 e. The van der Waals surface area contributed by atoms with Gasteiger partial charge in [0.15, 0.2) is 12.6 Å². The zero-order valence-electron chi connectivity index (χ0n) is 11.6. The second-order valence-electron chi connectivity index (χ2n) is 4.25. The molecule has 0 aliphatic heterocycles. The van der Waals surface area contributed by atoms with Gasteiger partial charge in [0.1, 0.15) is 10.4 Å². The number of aryl methyl sites for hydroxylation is 1. The quantitative estimate of drug-likeness (QED) is 0.845. The lowest BCUT2D eigenvalue weighted by atomic mass is 10.1. The highest BCUT2D eigenvalue weighted by molar-refractivity contribution is 9.10. The fourth-order valence-corrected chi connectivity index (χ4v) is 2.14. The summed E-state index contributed by atoms with van der Waals surface area (Å²) in [6.45, 7) is 4.24. The van der Waals surface area contributed by atoms with Crippen molar-refractivity contribution >= 4 is 27.4 Å². The molecule has 0 aliphatic carbocycles. The van der Waals surface area contributed by atoms with Gasteiger partial charge >= 0.3 is 0 Å². The molecule has 0 spiro atoms. The summed E-state index contributed by atoms with van der Waals surface area (Å²) in [4.78, 5) is 8.41. The van der Waals surface area contributed by atoms with E-state index in [1.807, 2.05) is 26.0 Å². The van der Waals surface area contributed by atoms with E-state index in [1.165, 1.54) is 0 Å². The molecule has 0 atom stereocenters. The van der Waals surface area contributed by atoms with Crippen molar-refractivity contribution < 1.29 is 9.47 Å².